The van der Waals surface area contributed by atoms with Crippen molar-refractivity contribution in [3.05, 3.63) is 29.8 Å². The molecular weight excluding hydrogens is 305 g/mol. The lowest BCUT2D eigenvalue weighted by Gasteiger charge is -2.21. The third-order valence-corrected chi connectivity index (χ3v) is 5.30. The van der Waals surface area contributed by atoms with Gasteiger partial charge in [0.15, 0.2) is 0 Å². The Morgan fingerprint density at radius 3 is 2.52 bits per heavy atom. The lowest BCUT2D eigenvalue weighted by atomic mass is 10.1. The van der Waals surface area contributed by atoms with Crippen molar-refractivity contribution >= 4 is 10.0 Å². The van der Waals surface area contributed by atoms with E-state index in [0.29, 0.717) is 13.0 Å². The van der Waals surface area contributed by atoms with Gasteiger partial charge in [-0.3, -0.25) is 0 Å². The van der Waals surface area contributed by atoms with Gasteiger partial charge in [0.25, 0.3) is 0 Å². The highest BCUT2D eigenvalue weighted by atomic mass is 32.2. The monoisotopic (exact) mass is 322 g/mol. The van der Waals surface area contributed by atoms with E-state index in [1.165, 1.54) is 12.1 Å². The maximum atomic E-state index is 12.9. The number of alkyl halides is 3. The lowest BCUT2D eigenvalue weighted by molar-refractivity contribution is -0.139. The Hall–Kier alpha value is -1.12. The highest BCUT2D eigenvalue weighted by Crippen LogP contribution is 2.34. The molecule has 8 heteroatoms. The van der Waals surface area contributed by atoms with Gasteiger partial charge in [-0.1, -0.05) is 18.6 Å². The molecule has 1 aromatic rings. The van der Waals surface area contributed by atoms with Gasteiger partial charge in [0.05, 0.1) is 10.5 Å². The molecule has 1 aliphatic rings. The summed E-state index contributed by atoms with van der Waals surface area (Å²) in [5.41, 5.74) is 4.41. The van der Waals surface area contributed by atoms with E-state index in [1.54, 1.807) is 0 Å². The quantitative estimate of drug-likeness (QED) is 0.892. The molecule has 4 nitrogen and oxygen atoms in total. The van der Waals surface area contributed by atoms with Crippen LogP contribution in [0.15, 0.2) is 29.2 Å². The Balaban J connectivity index is 2.32. The van der Waals surface area contributed by atoms with Gasteiger partial charge in [-0.2, -0.15) is 13.2 Å². The van der Waals surface area contributed by atoms with Crippen LogP contribution in [0.4, 0.5) is 13.2 Å². The molecule has 0 aliphatic heterocycles. The largest absolute Gasteiger partial charge is 0.417 e. The van der Waals surface area contributed by atoms with Crippen LogP contribution in [0.3, 0.4) is 0 Å². The van der Waals surface area contributed by atoms with Crippen LogP contribution in [0.25, 0.3) is 0 Å². The van der Waals surface area contributed by atoms with Gasteiger partial charge in [-0.25, -0.2) is 13.1 Å². The van der Waals surface area contributed by atoms with Crippen LogP contribution in [0, 0.1) is 5.92 Å². The summed E-state index contributed by atoms with van der Waals surface area (Å²) in [6.07, 6.45) is -2.52. The van der Waals surface area contributed by atoms with E-state index in [1.807, 2.05) is 0 Å². The zero-order valence-electron chi connectivity index (χ0n) is 11.2. The Morgan fingerprint density at radius 2 is 1.90 bits per heavy atom. The summed E-state index contributed by atoms with van der Waals surface area (Å²) >= 11 is 0. The number of halogens is 3. The summed E-state index contributed by atoms with van der Waals surface area (Å²) in [5, 5.41) is 0. The molecule has 0 heterocycles. The van der Waals surface area contributed by atoms with E-state index in [0.717, 1.165) is 25.0 Å². The van der Waals surface area contributed by atoms with Crippen molar-refractivity contribution in [3.63, 3.8) is 0 Å². The first-order valence-electron chi connectivity index (χ1n) is 6.64. The summed E-state index contributed by atoms with van der Waals surface area (Å²) in [6.45, 7) is 0.314. The SMILES string of the molecule is NC[C@@H]1CCC[C@H]1NS(=O)(=O)c1ccccc1C(F)(F)F. The number of hydrogen-bond acceptors (Lipinski definition) is 3. The van der Waals surface area contributed by atoms with Crippen LogP contribution < -0.4 is 10.5 Å². The van der Waals surface area contributed by atoms with Gasteiger partial charge in [-0.05, 0) is 37.4 Å². The van der Waals surface area contributed by atoms with Gasteiger partial charge < -0.3 is 5.73 Å². The molecule has 0 radical (unpaired) electrons. The van der Waals surface area contributed by atoms with Gasteiger partial charge in [0, 0.05) is 6.04 Å². The first kappa shape index (κ1) is 16.3. The van der Waals surface area contributed by atoms with Gasteiger partial charge in [-0.15, -0.1) is 0 Å². The highest BCUT2D eigenvalue weighted by molar-refractivity contribution is 7.89. The topological polar surface area (TPSA) is 72.2 Å². The van der Waals surface area contributed by atoms with E-state index >= 15 is 0 Å². The molecule has 1 saturated carbocycles. The Labute approximate surface area is 121 Å². The predicted octanol–water partition coefficient (Wildman–Crippen LogP) is 2.11. The van der Waals surface area contributed by atoms with Crippen LogP contribution >= 0.6 is 0 Å². The summed E-state index contributed by atoms with van der Waals surface area (Å²) < 4.78 is 65.7. The number of nitrogens with two attached hydrogens (primary N) is 1. The fraction of sp³-hybridized carbons (Fsp3) is 0.538. The van der Waals surface area contributed by atoms with E-state index in [4.69, 9.17) is 5.73 Å². The number of hydrogen-bond donors (Lipinski definition) is 2. The normalized spacial score (nSPS) is 23.4. The fourth-order valence-electron chi connectivity index (χ4n) is 2.67. The summed E-state index contributed by atoms with van der Waals surface area (Å²) in [7, 11) is -4.23. The van der Waals surface area contributed by atoms with E-state index in [9.17, 15) is 21.6 Å². The minimum absolute atomic E-state index is 0.0298. The number of rotatable bonds is 4. The smallest absolute Gasteiger partial charge is 0.330 e. The molecule has 0 saturated heterocycles. The second kappa shape index (κ2) is 5.94. The third kappa shape index (κ3) is 3.56. The van der Waals surface area contributed by atoms with Gasteiger partial charge in [0.1, 0.15) is 0 Å². The summed E-state index contributed by atoms with van der Waals surface area (Å²) in [6, 6.07) is 3.78. The minimum atomic E-state index is -4.71. The number of benzene rings is 1. The molecule has 21 heavy (non-hydrogen) atoms. The minimum Gasteiger partial charge on any atom is -0.330 e. The first-order valence-corrected chi connectivity index (χ1v) is 8.12. The molecule has 0 amide bonds. The number of nitrogens with one attached hydrogen (secondary N) is 1. The van der Waals surface area contributed by atoms with Crippen LogP contribution in [0.5, 0.6) is 0 Å². The fourth-order valence-corrected chi connectivity index (χ4v) is 4.24. The molecule has 2 atom stereocenters. The van der Waals surface area contributed by atoms with Crippen LogP contribution in [-0.4, -0.2) is 21.0 Å². The lowest BCUT2D eigenvalue weighted by Crippen LogP contribution is -2.40. The predicted molar refractivity (Wildman–Crippen MR) is 71.9 cm³/mol. The second-order valence-corrected chi connectivity index (χ2v) is 6.83. The third-order valence-electron chi connectivity index (χ3n) is 3.75. The van der Waals surface area contributed by atoms with E-state index in [-0.39, 0.29) is 5.92 Å². The van der Waals surface area contributed by atoms with Gasteiger partial charge in [0.2, 0.25) is 10.0 Å². The first-order chi connectivity index (χ1) is 9.75. The second-order valence-electron chi connectivity index (χ2n) is 5.15. The van der Waals surface area contributed by atoms with E-state index < -0.39 is 32.7 Å². The van der Waals surface area contributed by atoms with E-state index in [2.05, 4.69) is 4.72 Å². The molecule has 0 unspecified atom stereocenters. The molecule has 1 aromatic carbocycles. The van der Waals surface area contributed by atoms with Crippen molar-refractivity contribution in [2.75, 3.05) is 6.54 Å². The van der Waals surface area contributed by atoms with Crippen LogP contribution in [0.2, 0.25) is 0 Å². The number of sulfonamides is 1. The Morgan fingerprint density at radius 1 is 1.24 bits per heavy atom. The molecule has 3 N–H and O–H groups in total. The summed E-state index contributed by atoms with van der Waals surface area (Å²) in [4.78, 5) is -0.736. The van der Waals surface area contributed by atoms with Crippen molar-refractivity contribution in [2.24, 2.45) is 11.7 Å². The Bertz CT molecular complexity index is 602. The summed E-state index contributed by atoms with van der Waals surface area (Å²) in [5.74, 6) is -0.0298. The van der Waals surface area contributed by atoms with Gasteiger partial charge >= 0.3 is 6.18 Å². The van der Waals surface area contributed by atoms with Crippen LogP contribution in [-0.2, 0) is 16.2 Å². The molecular formula is C13H17F3N2O2S. The zero-order valence-corrected chi connectivity index (χ0v) is 12.0. The highest BCUT2D eigenvalue weighted by Gasteiger charge is 2.38. The molecule has 0 spiro atoms. The average Bonchev–Trinajstić information content (AvgIpc) is 2.84. The van der Waals surface area contributed by atoms with Crippen LogP contribution in [0.1, 0.15) is 24.8 Å². The Kier molecular flexibility index (Phi) is 4.60. The molecule has 0 bridgehead atoms. The van der Waals surface area contributed by atoms with Crippen molar-refractivity contribution in [3.8, 4) is 0 Å². The average molecular weight is 322 g/mol. The van der Waals surface area contributed by atoms with Crippen molar-refractivity contribution in [1.29, 1.82) is 0 Å². The zero-order chi connectivity index (χ0) is 15.7. The molecule has 1 aliphatic carbocycles. The molecule has 0 aromatic heterocycles. The molecule has 118 valence electrons. The molecule has 2 rings (SSSR count). The van der Waals surface area contributed by atoms with Crippen molar-refractivity contribution in [2.45, 2.75) is 36.4 Å². The van der Waals surface area contributed by atoms with Crippen molar-refractivity contribution in [1.82, 2.24) is 4.72 Å². The van der Waals surface area contributed by atoms with Crippen molar-refractivity contribution < 1.29 is 21.6 Å². The maximum Gasteiger partial charge on any atom is 0.417 e. The molecule has 1 fully saturated rings. The maximum absolute atomic E-state index is 12.9. The standard InChI is InChI=1S/C13H17F3N2O2S/c14-13(15,16)10-5-1-2-7-12(10)21(19,20)18-11-6-3-4-9(11)8-17/h1-2,5,7,9,11,18H,3-4,6,8,17H2/t9-,11+/m0/s1.